The second kappa shape index (κ2) is 12.1. The van der Waals surface area contributed by atoms with Gasteiger partial charge in [0, 0.05) is 36.2 Å². The molecule has 9 atom stereocenters. The lowest BCUT2D eigenvalue weighted by Gasteiger charge is -2.65. The number of nitrogens with zero attached hydrogens (tertiary/aromatic N) is 1. The molecule has 4 fully saturated rings. The Balaban J connectivity index is 0.00000129. The molecule has 0 aromatic rings. The van der Waals surface area contributed by atoms with Crippen LogP contribution >= 0.6 is 0 Å². The molecule has 0 radical (unpaired) electrons. The van der Waals surface area contributed by atoms with Crippen LogP contribution in [0.1, 0.15) is 106 Å². The predicted molar refractivity (Wildman–Crippen MR) is 160 cm³/mol. The lowest BCUT2D eigenvalue weighted by atomic mass is 9.40. The van der Waals surface area contributed by atoms with Crippen LogP contribution in [0.25, 0.3) is 0 Å². The minimum atomic E-state index is -0.563. The Bertz CT molecular complexity index is 1110. The molecule has 0 saturated heterocycles. The Labute approximate surface area is 251 Å². The van der Waals surface area contributed by atoms with Gasteiger partial charge >= 0.3 is 5.97 Å². The lowest BCUT2D eigenvalue weighted by molar-refractivity contribution is -0.495. The molecular weight excluding hydrogens is 534 g/mol. The highest BCUT2D eigenvalue weighted by molar-refractivity contribution is 6.00. The van der Waals surface area contributed by atoms with Gasteiger partial charge in [0.2, 0.25) is 6.54 Å². The van der Waals surface area contributed by atoms with Gasteiger partial charge in [0.15, 0.2) is 5.78 Å². The zero-order valence-electron chi connectivity index (χ0n) is 27.1. The number of hydrogen-bond donors (Lipinski definition) is 0. The monoisotopic (exact) mass is 587 g/mol. The number of aldehydes is 1. The Morgan fingerprint density at radius 3 is 2.31 bits per heavy atom. The molecule has 5 rings (SSSR count). The van der Waals surface area contributed by atoms with Crippen molar-refractivity contribution in [1.29, 1.82) is 0 Å². The number of carbonyl (C=O) groups excluding carboxylic acids is 3. The van der Waals surface area contributed by atoms with E-state index in [9.17, 15) is 19.7 Å². The molecule has 0 heterocycles. The molecule has 0 aromatic heterocycles. The molecule has 0 aromatic carbocycles. The second-order valence-corrected chi connectivity index (χ2v) is 15.0. The van der Waals surface area contributed by atoms with Crippen LogP contribution in [0.3, 0.4) is 0 Å². The number of carbonyl (C=O) groups is 3. The number of methoxy groups -OCH3 is 1. The molecule has 5 aliphatic rings. The topological polar surface area (TPSA) is 113 Å². The summed E-state index contributed by atoms with van der Waals surface area (Å²) >= 11 is 0. The van der Waals surface area contributed by atoms with E-state index in [1.807, 2.05) is 0 Å². The molecule has 8 nitrogen and oxygen atoms in total. The molecule has 0 amide bonds. The number of Topliss-reactive ketones (excluding diaryl/α,β-unsaturated/α-hetero) is 1. The van der Waals surface area contributed by atoms with Gasteiger partial charge in [-0.25, -0.2) is 0 Å². The Morgan fingerprint density at radius 2 is 1.74 bits per heavy atom. The van der Waals surface area contributed by atoms with Crippen LogP contribution in [-0.4, -0.2) is 48.8 Å². The summed E-state index contributed by atoms with van der Waals surface area (Å²) in [6, 6.07) is 0. The molecule has 5 aliphatic carbocycles. The van der Waals surface area contributed by atoms with E-state index >= 15 is 0 Å². The highest BCUT2D eigenvalue weighted by atomic mass is 16.6. The Morgan fingerprint density at radius 1 is 1.07 bits per heavy atom. The minimum absolute atomic E-state index is 0.0212. The fraction of sp³-hybridized carbons (Fsp3) is 0.853. The van der Waals surface area contributed by atoms with E-state index in [0.29, 0.717) is 36.0 Å². The summed E-state index contributed by atoms with van der Waals surface area (Å²) in [4.78, 5) is 45.6. The summed E-state index contributed by atoms with van der Waals surface area (Å²) in [6.45, 7) is 14.1. The summed E-state index contributed by atoms with van der Waals surface area (Å²) in [5, 5.41) is 11.7. The van der Waals surface area contributed by atoms with Crippen molar-refractivity contribution in [2.75, 3.05) is 13.7 Å². The largest absolute Gasteiger partial charge is 0.462 e. The summed E-state index contributed by atoms with van der Waals surface area (Å²) in [7, 11) is 1.58. The molecule has 236 valence electrons. The van der Waals surface area contributed by atoms with E-state index in [1.54, 1.807) is 7.11 Å². The van der Waals surface area contributed by atoms with Crippen molar-refractivity contribution < 1.29 is 28.8 Å². The van der Waals surface area contributed by atoms with E-state index in [1.165, 1.54) is 25.8 Å². The molecule has 0 spiro atoms. The van der Waals surface area contributed by atoms with E-state index in [-0.39, 0.29) is 46.1 Å². The fourth-order valence-corrected chi connectivity index (χ4v) is 11.2. The second-order valence-electron chi connectivity index (χ2n) is 15.0. The van der Waals surface area contributed by atoms with Gasteiger partial charge in [0.1, 0.15) is 18.5 Å². The minimum Gasteiger partial charge on any atom is -0.462 e. The summed E-state index contributed by atoms with van der Waals surface area (Å²) in [5.74, 6) is 2.71. The maximum Gasteiger partial charge on any atom is 0.302 e. The van der Waals surface area contributed by atoms with Crippen LogP contribution in [0.2, 0.25) is 0 Å². The van der Waals surface area contributed by atoms with Crippen molar-refractivity contribution in [3.63, 3.8) is 0 Å². The molecule has 0 N–H and O–H groups in total. The van der Waals surface area contributed by atoms with Crippen LogP contribution in [0.4, 0.5) is 0 Å². The molecule has 0 bridgehead atoms. The number of nitro groups is 1. The summed E-state index contributed by atoms with van der Waals surface area (Å²) < 4.78 is 11.7. The quantitative estimate of drug-likeness (QED) is 0.149. The maximum atomic E-state index is 13.5. The average molecular weight is 588 g/mol. The van der Waals surface area contributed by atoms with Gasteiger partial charge in [-0.15, -0.1) is 0 Å². The van der Waals surface area contributed by atoms with Crippen molar-refractivity contribution >= 4 is 18.0 Å². The number of hydrogen-bond acceptors (Lipinski definition) is 7. The van der Waals surface area contributed by atoms with Crippen molar-refractivity contribution in [2.45, 2.75) is 118 Å². The van der Waals surface area contributed by atoms with Gasteiger partial charge in [0.25, 0.3) is 0 Å². The normalized spacial score (nSPS) is 39.1. The molecule has 0 aliphatic heterocycles. The highest BCUT2D eigenvalue weighted by Crippen LogP contribution is 2.69. The zero-order valence-corrected chi connectivity index (χ0v) is 27.1. The molecule has 9 unspecified atom stereocenters. The highest BCUT2D eigenvalue weighted by Gasteiger charge is 2.64. The van der Waals surface area contributed by atoms with Crippen LogP contribution in [0, 0.1) is 61.9 Å². The van der Waals surface area contributed by atoms with Gasteiger partial charge in [-0.1, -0.05) is 40.2 Å². The third-order valence-corrected chi connectivity index (χ3v) is 12.5. The van der Waals surface area contributed by atoms with Crippen LogP contribution < -0.4 is 0 Å². The molecular formula is C34H53NO7. The third-order valence-electron chi connectivity index (χ3n) is 12.5. The number of fused-ring (bicyclic) bond motifs is 7. The molecule has 42 heavy (non-hydrogen) atoms. The van der Waals surface area contributed by atoms with Crippen molar-refractivity contribution in [3.8, 4) is 0 Å². The maximum absolute atomic E-state index is 13.5. The fourth-order valence-electron chi connectivity index (χ4n) is 11.2. The number of ketones is 1. The predicted octanol–water partition coefficient (Wildman–Crippen LogP) is 6.62. The van der Waals surface area contributed by atoms with Crippen LogP contribution in [0.5, 0.6) is 0 Å². The summed E-state index contributed by atoms with van der Waals surface area (Å²) in [5.41, 5.74) is 1.83. The number of allylic oxidation sites excluding steroid dienone is 1. The van der Waals surface area contributed by atoms with Gasteiger partial charge < -0.3 is 14.3 Å². The van der Waals surface area contributed by atoms with Crippen molar-refractivity contribution in [1.82, 2.24) is 0 Å². The first kappa shape index (κ1) is 32.8. The Hall–Kier alpha value is -2.09. The first-order valence-corrected chi connectivity index (χ1v) is 16.2. The van der Waals surface area contributed by atoms with Gasteiger partial charge in [-0.3, -0.25) is 19.7 Å². The summed E-state index contributed by atoms with van der Waals surface area (Å²) in [6.07, 6.45) is 8.89. The van der Waals surface area contributed by atoms with E-state index in [2.05, 4.69) is 34.6 Å². The molecule has 4 saturated carbocycles. The third kappa shape index (κ3) is 5.28. The van der Waals surface area contributed by atoms with Crippen LogP contribution in [0.15, 0.2) is 11.1 Å². The smallest absolute Gasteiger partial charge is 0.302 e. The van der Waals surface area contributed by atoms with Crippen molar-refractivity contribution in [2.24, 2.45) is 51.8 Å². The van der Waals surface area contributed by atoms with Gasteiger partial charge in [-0.2, -0.15) is 0 Å². The first-order chi connectivity index (χ1) is 19.7. The first-order valence-electron chi connectivity index (χ1n) is 16.2. The number of rotatable bonds is 6. The van der Waals surface area contributed by atoms with E-state index < -0.39 is 11.5 Å². The number of ether oxygens (including phenoxy) is 2. The number of esters is 1. The van der Waals surface area contributed by atoms with E-state index in [4.69, 9.17) is 14.3 Å². The van der Waals surface area contributed by atoms with E-state index in [0.717, 1.165) is 56.8 Å². The van der Waals surface area contributed by atoms with Crippen LogP contribution in [-0.2, 0) is 23.9 Å². The van der Waals surface area contributed by atoms with Crippen molar-refractivity contribution in [3.05, 3.63) is 21.3 Å². The SMILES string of the molecule is CC=O.COC(C[N+](=O)[O-])C12CCC3C(CCC4C3CCC3C(C)(C)C(OC(C)=O)CCC43C)C1=C(C(C)C)C(=O)C2. The lowest BCUT2D eigenvalue weighted by Crippen LogP contribution is -2.60. The van der Waals surface area contributed by atoms with Gasteiger partial charge in [-0.05, 0) is 105 Å². The molecule has 8 heteroatoms. The zero-order chi connectivity index (χ0) is 31.2. The van der Waals surface area contributed by atoms with Gasteiger partial charge in [0.05, 0.1) is 0 Å². The average Bonchev–Trinajstić information content (AvgIpc) is 3.22. The standard InChI is InChI=1S/C32H49NO6.C2H4O/c1-18(2)28-24(35)16-32(27(38-7)17-33(36)37)15-12-20-21-9-11-25-30(4,5)26(39-19(3)34)13-14-31(25,6)23(21)10-8-22(20)29(28)32;1-2-3/h18,20-23,25-27H,8-17H2,1-7H3;2H,1H3. The Kier molecular flexibility index (Phi) is 9.47.